The Balaban J connectivity index is 2.46. The van der Waals surface area contributed by atoms with E-state index >= 15 is 0 Å². The van der Waals surface area contributed by atoms with Gasteiger partial charge in [-0.05, 0) is 38.4 Å². The van der Waals surface area contributed by atoms with Gasteiger partial charge in [-0.25, -0.2) is 0 Å². The maximum absolute atomic E-state index is 12.2. The fourth-order valence-corrected chi connectivity index (χ4v) is 3.32. The largest absolute Gasteiger partial charge is 0.295 e. The molecule has 0 saturated carbocycles. The average molecular weight is 300 g/mol. The second-order valence-corrected chi connectivity index (χ2v) is 8.93. The molecule has 0 aromatic rings. The normalized spacial score (nSPS) is 20.9. The highest BCUT2D eigenvalue weighted by atomic mass is 32.2. The number of carbonyl (C=O) groups is 2. The maximum atomic E-state index is 12.2. The monoisotopic (exact) mass is 300 g/mol. The topological polar surface area (TPSA) is 49.4 Å². The van der Waals surface area contributed by atoms with Crippen molar-refractivity contribution in [2.75, 3.05) is 12.4 Å². The van der Waals surface area contributed by atoms with E-state index in [0.717, 1.165) is 12.2 Å². The van der Waals surface area contributed by atoms with Crippen LogP contribution in [0.2, 0.25) is 0 Å². The molecule has 5 heteroatoms. The molecule has 1 saturated heterocycles. The number of hydrogen-bond donors (Lipinski definition) is 1. The van der Waals surface area contributed by atoms with Crippen LogP contribution in [0.15, 0.2) is 0 Å². The molecule has 0 aromatic carbocycles. The number of amides is 2. The Morgan fingerprint density at radius 3 is 2.30 bits per heavy atom. The minimum absolute atomic E-state index is 0.0364. The Kier molecular flexibility index (Phi) is 5.67. The molecule has 4 nitrogen and oxygen atoms in total. The van der Waals surface area contributed by atoms with Crippen molar-refractivity contribution in [2.24, 2.45) is 5.41 Å². The van der Waals surface area contributed by atoms with Crippen molar-refractivity contribution in [3.8, 4) is 0 Å². The lowest BCUT2D eigenvalue weighted by molar-refractivity contribution is -0.138. The second kappa shape index (κ2) is 6.48. The summed E-state index contributed by atoms with van der Waals surface area (Å²) in [4.78, 5) is 25.5. The highest BCUT2D eigenvalue weighted by molar-refractivity contribution is 8.00. The molecule has 1 fully saturated rings. The van der Waals surface area contributed by atoms with Gasteiger partial charge in [-0.15, -0.1) is 11.8 Å². The lowest BCUT2D eigenvalue weighted by Crippen LogP contribution is -2.46. The number of nitrogens with one attached hydrogen (secondary N) is 1. The van der Waals surface area contributed by atoms with Crippen LogP contribution >= 0.6 is 11.8 Å². The van der Waals surface area contributed by atoms with Gasteiger partial charge in [0, 0.05) is 12.0 Å². The minimum atomic E-state index is -0.188. The lowest BCUT2D eigenvalue weighted by atomic mass is 9.94. The van der Waals surface area contributed by atoms with E-state index < -0.39 is 0 Å². The SMILES string of the molecule is CC(C)(C)CCSC1CC(=O)N(CNC(C)(C)C)C1=O. The van der Waals surface area contributed by atoms with Crippen LogP contribution in [0, 0.1) is 5.41 Å². The average Bonchev–Trinajstić information content (AvgIpc) is 2.49. The molecule has 1 heterocycles. The van der Waals surface area contributed by atoms with Crippen LogP contribution in [-0.4, -0.2) is 39.9 Å². The Morgan fingerprint density at radius 1 is 1.20 bits per heavy atom. The molecule has 0 bridgehead atoms. The molecule has 1 aliphatic rings. The fraction of sp³-hybridized carbons (Fsp3) is 0.867. The zero-order valence-corrected chi connectivity index (χ0v) is 14.4. The van der Waals surface area contributed by atoms with Crippen molar-refractivity contribution in [1.82, 2.24) is 10.2 Å². The standard InChI is InChI=1S/C15H28N2O2S/c1-14(2,3)7-8-20-11-9-12(18)17(13(11)19)10-16-15(4,5)6/h11,16H,7-10H2,1-6H3. The van der Waals surface area contributed by atoms with E-state index in [4.69, 9.17) is 0 Å². The maximum Gasteiger partial charge on any atom is 0.243 e. The summed E-state index contributed by atoms with van der Waals surface area (Å²) in [6.07, 6.45) is 1.40. The Morgan fingerprint density at radius 2 is 1.80 bits per heavy atom. The number of imide groups is 1. The van der Waals surface area contributed by atoms with Gasteiger partial charge < -0.3 is 0 Å². The first kappa shape index (κ1) is 17.5. The summed E-state index contributed by atoms with van der Waals surface area (Å²) in [6.45, 7) is 12.9. The van der Waals surface area contributed by atoms with Gasteiger partial charge in [0.1, 0.15) is 0 Å². The second-order valence-electron chi connectivity index (χ2n) is 7.62. The van der Waals surface area contributed by atoms with Crippen LogP contribution in [0.5, 0.6) is 0 Å². The summed E-state index contributed by atoms with van der Waals surface area (Å²) in [5.41, 5.74) is 0.171. The molecule has 1 aliphatic heterocycles. The Labute approximate surface area is 127 Å². The summed E-state index contributed by atoms with van der Waals surface area (Å²) < 4.78 is 0. The van der Waals surface area contributed by atoms with E-state index in [0.29, 0.717) is 13.1 Å². The van der Waals surface area contributed by atoms with E-state index in [-0.39, 0.29) is 28.0 Å². The molecule has 0 aromatic heterocycles. The zero-order valence-electron chi connectivity index (χ0n) is 13.6. The van der Waals surface area contributed by atoms with Gasteiger partial charge in [0.2, 0.25) is 11.8 Å². The number of carbonyl (C=O) groups excluding carboxylic acids is 2. The lowest BCUT2D eigenvalue weighted by Gasteiger charge is -2.24. The molecule has 0 radical (unpaired) electrons. The van der Waals surface area contributed by atoms with Gasteiger partial charge in [0.25, 0.3) is 0 Å². The highest BCUT2D eigenvalue weighted by Crippen LogP contribution is 2.29. The predicted octanol–water partition coefficient (Wildman–Crippen LogP) is 2.63. The molecule has 2 amide bonds. The first-order valence-electron chi connectivity index (χ1n) is 7.20. The van der Waals surface area contributed by atoms with Crippen molar-refractivity contribution in [3.63, 3.8) is 0 Å². The molecule has 20 heavy (non-hydrogen) atoms. The smallest absolute Gasteiger partial charge is 0.243 e. The predicted molar refractivity (Wildman–Crippen MR) is 84.5 cm³/mol. The molecule has 116 valence electrons. The summed E-state index contributed by atoms with van der Waals surface area (Å²) in [5, 5.41) is 3.01. The highest BCUT2D eigenvalue weighted by Gasteiger charge is 2.38. The van der Waals surface area contributed by atoms with Crippen LogP contribution in [0.3, 0.4) is 0 Å². The van der Waals surface area contributed by atoms with Gasteiger partial charge in [0.05, 0.1) is 11.9 Å². The van der Waals surface area contributed by atoms with Crippen LogP contribution < -0.4 is 5.32 Å². The Bertz CT molecular complexity index is 369. The first-order chi connectivity index (χ1) is 8.99. The van der Waals surface area contributed by atoms with Crippen molar-refractivity contribution in [1.29, 1.82) is 0 Å². The third-order valence-electron chi connectivity index (χ3n) is 3.14. The summed E-state index contributed by atoms with van der Waals surface area (Å²) in [6, 6.07) is 0. The van der Waals surface area contributed by atoms with Crippen LogP contribution in [-0.2, 0) is 9.59 Å². The van der Waals surface area contributed by atoms with Gasteiger partial charge in [0.15, 0.2) is 0 Å². The summed E-state index contributed by atoms with van der Waals surface area (Å²) >= 11 is 1.62. The molecule has 1 unspecified atom stereocenters. The third-order valence-corrected chi connectivity index (χ3v) is 4.35. The van der Waals surface area contributed by atoms with E-state index in [1.165, 1.54) is 4.90 Å². The Hall–Kier alpha value is -0.550. The van der Waals surface area contributed by atoms with Crippen molar-refractivity contribution in [3.05, 3.63) is 0 Å². The molecular formula is C15H28N2O2S. The van der Waals surface area contributed by atoms with Crippen molar-refractivity contribution >= 4 is 23.6 Å². The minimum Gasteiger partial charge on any atom is -0.295 e. The summed E-state index contributed by atoms with van der Waals surface area (Å²) in [5.74, 6) is 0.832. The number of hydrogen-bond acceptors (Lipinski definition) is 4. The van der Waals surface area contributed by atoms with Gasteiger partial charge >= 0.3 is 0 Å². The fourth-order valence-electron chi connectivity index (χ4n) is 1.77. The summed E-state index contributed by atoms with van der Waals surface area (Å²) in [7, 11) is 0. The van der Waals surface area contributed by atoms with Crippen LogP contribution in [0.1, 0.15) is 54.4 Å². The van der Waals surface area contributed by atoms with E-state index in [9.17, 15) is 9.59 Å². The van der Waals surface area contributed by atoms with Crippen molar-refractivity contribution in [2.45, 2.75) is 65.2 Å². The number of nitrogens with zero attached hydrogens (tertiary/aromatic N) is 1. The van der Waals surface area contributed by atoms with Crippen LogP contribution in [0.25, 0.3) is 0 Å². The first-order valence-corrected chi connectivity index (χ1v) is 8.25. The third kappa shape index (κ3) is 5.83. The zero-order chi connectivity index (χ0) is 15.6. The van der Waals surface area contributed by atoms with Crippen LogP contribution in [0.4, 0.5) is 0 Å². The van der Waals surface area contributed by atoms with E-state index in [2.05, 4.69) is 26.1 Å². The molecule has 0 aliphatic carbocycles. The van der Waals surface area contributed by atoms with E-state index in [1.54, 1.807) is 11.8 Å². The number of thioether (sulfide) groups is 1. The van der Waals surface area contributed by atoms with Gasteiger partial charge in [-0.2, -0.15) is 0 Å². The molecule has 1 N–H and O–H groups in total. The van der Waals surface area contributed by atoms with Gasteiger partial charge in [-0.3, -0.25) is 19.8 Å². The quantitative estimate of drug-likeness (QED) is 0.793. The number of rotatable bonds is 5. The number of likely N-dealkylation sites (tertiary alicyclic amines) is 1. The molecular weight excluding hydrogens is 272 g/mol. The van der Waals surface area contributed by atoms with Gasteiger partial charge in [-0.1, -0.05) is 20.8 Å². The molecule has 1 atom stereocenters. The van der Waals surface area contributed by atoms with E-state index in [1.807, 2.05) is 20.8 Å². The van der Waals surface area contributed by atoms with Crippen molar-refractivity contribution < 1.29 is 9.59 Å². The molecule has 1 rings (SSSR count). The molecule has 0 spiro atoms.